The molecule has 4 rings (SSSR count). The van der Waals surface area contributed by atoms with Crippen LogP contribution in [0, 0.1) is 23.2 Å². The van der Waals surface area contributed by atoms with Crippen molar-refractivity contribution in [2.45, 2.75) is 39.5 Å². The van der Waals surface area contributed by atoms with Crippen LogP contribution in [0.15, 0.2) is 11.6 Å². The van der Waals surface area contributed by atoms with E-state index in [2.05, 4.69) is 13.8 Å². The fourth-order valence-electron chi connectivity index (χ4n) is 3.82. The minimum Gasteiger partial charge on any atom is -0.295 e. The number of ketones is 1. The van der Waals surface area contributed by atoms with Gasteiger partial charge in [-0.3, -0.25) is 4.79 Å². The molecule has 4 aliphatic rings. The van der Waals surface area contributed by atoms with E-state index in [1.807, 2.05) is 6.08 Å². The minimum atomic E-state index is 0.373. The summed E-state index contributed by atoms with van der Waals surface area (Å²) in [4.78, 5) is 11.4. The SMILES string of the molecule is CC1(C)C2CC3CCC(=O)C=C3[C@@H]1C2. The predicted molar refractivity (Wildman–Crippen MR) is 55.8 cm³/mol. The molecule has 3 fully saturated rings. The third kappa shape index (κ3) is 0.933. The van der Waals surface area contributed by atoms with Crippen molar-refractivity contribution in [2.75, 3.05) is 0 Å². The van der Waals surface area contributed by atoms with Crippen molar-refractivity contribution >= 4 is 5.78 Å². The van der Waals surface area contributed by atoms with Crippen LogP contribution in [-0.2, 0) is 4.79 Å². The van der Waals surface area contributed by atoms with E-state index in [9.17, 15) is 4.79 Å². The summed E-state index contributed by atoms with van der Waals surface area (Å²) in [6, 6.07) is 0. The van der Waals surface area contributed by atoms with Gasteiger partial charge in [0.25, 0.3) is 0 Å². The van der Waals surface area contributed by atoms with Crippen molar-refractivity contribution in [3.63, 3.8) is 0 Å². The molecule has 0 N–H and O–H groups in total. The molecule has 0 aromatic carbocycles. The van der Waals surface area contributed by atoms with E-state index in [1.165, 1.54) is 18.4 Å². The number of rotatable bonds is 0. The zero-order chi connectivity index (χ0) is 9.92. The molecule has 2 unspecified atom stereocenters. The van der Waals surface area contributed by atoms with E-state index in [-0.39, 0.29) is 0 Å². The van der Waals surface area contributed by atoms with Crippen molar-refractivity contribution < 1.29 is 4.79 Å². The molecule has 0 aromatic heterocycles. The fraction of sp³-hybridized carbons (Fsp3) is 0.769. The second-order valence-electron chi connectivity index (χ2n) is 5.89. The summed E-state index contributed by atoms with van der Waals surface area (Å²) in [5, 5.41) is 0. The lowest BCUT2D eigenvalue weighted by Gasteiger charge is -2.60. The number of hydrogen-bond acceptors (Lipinski definition) is 1. The molecular formula is C13H18O. The van der Waals surface area contributed by atoms with E-state index in [1.54, 1.807) is 0 Å². The largest absolute Gasteiger partial charge is 0.295 e. The first-order valence-corrected chi connectivity index (χ1v) is 5.83. The molecular weight excluding hydrogens is 172 g/mol. The zero-order valence-corrected chi connectivity index (χ0v) is 9.05. The molecule has 0 amide bonds. The highest BCUT2D eigenvalue weighted by molar-refractivity contribution is 5.91. The highest BCUT2D eigenvalue weighted by Gasteiger charge is 2.55. The monoisotopic (exact) mass is 190 g/mol. The third-order valence-electron chi connectivity index (χ3n) is 4.98. The third-order valence-corrected chi connectivity index (χ3v) is 4.98. The summed E-state index contributed by atoms with van der Waals surface area (Å²) in [6.45, 7) is 4.75. The van der Waals surface area contributed by atoms with Crippen LogP contribution >= 0.6 is 0 Å². The molecule has 4 aliphatic carbocycles. The predicted octanol–water partition coefficient (Wildman–Crippen LogP) is 2.96. The number of carbonyl (C=O) groups excluding carboxylic acids is 1. The average Bonchev–Trinajstić information content (AvgIpc) is 2.16. The summed E-state index contributed by atoms with van der Waals surface area (Å²) in [6.07, 6.45) is 6.61. The van der Waals surface area contributed by atoms with E-state index >= 15 is 0 Å². The van der Waals surface area contributed by atoms with E-state index in [0.29, 0.717) is 11.2 Å². The Morgan fingerprint density at radius 1 is 1.36 bits per heavy atom. The van der Waals surface area contributed by atoms with Gasteiger partial charge >= 0.3 is 0 Å². The van der Waals surface area contributed by atoms with Gasteiger partial charge in [-0.25, -0.2) is 0 Å². The van der Waals surface area contributed by atoms with Crippen LogP contribution in [0.2, 0.25) is 0 Å². The molecule has 0 radical (unpaired) electrons. The van der Waals surface area contributed by atoms with Crippen LogP contribution in [0.3, 0.4) is 0 Å². The van der Waals surface area contributed by atoms with Crippen molar-refractivity contribution in [2.24, 2.45) is 23.2 Å². The Morgan fingerprint density at radius 3 is 2.86 bits per heavy atom. The molecule has 0 spiro atoms. The molecule has 0 aromatic rings. The topological polar surface area (TPSA) is 17.1 Å². The second-order valence-corrected chi connectivity index (χ2v) is 5.89. The molecule has 1 heteroatoms. The highest BCUT2D eigenvalue weighted by atomic mass is 16.1. The molecule has 76 valence electrons. The maximum Gasteiger partial charge on any atom is 0.155 e. The molecule has 1 nitrogen and oxygen atoms in total. The van der Waals surface area contributed by atoms with Crippen molar-refractivity contribution in [1.29, 1.82) is 0 Å². The highest BCUT2D eigenvalue weighted by Crippen LogP contribution is 2.64. The Kier molecular flexibility index (Phi) is 1.55. The Hall–Kier alpha value is -0.590. The Balaban J connectivity index is 1.97. The van der Waals surface area contributed by atoms with Gasteiger partial charge in [0.15, 0.2) is 5.78 Å². The summed E-state index contributed by atoms with van der Waals surface area (Å²) in [7, 11) is 0. The van der Waals surface area contributed by atoms with Crippen LogP contribution in [0.4, 0.5) is 0 Å². The van der Waals surface area contributed by atoms with E-state index in [0.717, 1.165) is 30.6 Å². The van der Waals surface area contributed by atoms with Crippen molar-refractivity contribution in [3.8, 4) is 0 Å². The molecule has 0 saturated heterocycles. The lowest BCUT2D eigenvalue weighted by atomic mass is 9.44. The molecule has 0 heterocycles. The standard InChI is InChI=1S/C13H18O/c1-13(2)9-5-8-3-4-10(14)7-11(8)12(13)6-9/h7-9,12H,3-6H2,1-2H3/t8?,9?,12-/m0/s1. The van der Waals surface area contributed by atoms with Gasteiger partial charge in [0.1, 0.15) is 0 Å². The van der Waals surface area contributed by atoms with Crippen LogP contribution < -0.4 is 0 Å². The first-order valence-electron chi connectivity index (χ1n) is 5.83. The van der Waals surface area contributed by atoms with Gasteiger partial charge < -0.3 is 0 Å². The van der Waals surface area contributed by atoms with Crippen LogP contribution in [0.25, 0.3) is 0 Å². The molecule has 0 aliphatic heterocycles. The number of hydrogen-bond donors (Lipinski definition) is 0. The smallest absolute Gasteiger partial charge is 0.155 e. The van der Waals surface area contributed by atoms with Crippen LogP contribution in [0.1, 0.15) is 39.5 Å². The normalized spacial score (nSPS) is 43.7. The van der Waals surface area contributed by atoms with Gasteiger partial charge in [-0.2, -0.15) is 0 Å². The van der Waals surface area contributed by atoms with Gasteiger partial charge in [-0.15, -0.1) is 0 Å². The Morgan fingerprint density at radius 2 is 2.14 bits per heavy atom. The van der Waals surface area contributed by atoms with E-state index in [4.69, 9.17) is 0 Å². The first-order chi connectivity index (χ1) is 6.59. The fourth-order valence-corrected chi connectivity index (χ4v) is 3.82. The Labute approximate surface area is 85.6 Å². The summed E-state index contributed by atoms with van der Waals surface area (Å²) in [5.41, 5.74) is 1.99. The first kappa shape index (κ1) is 8.70. The summed E-state index contributed by atoms with van der Waals surface area (Å²) < 4.78 is 0. The lowest BCUT2D eigenvalue weighted by Crippen LogP contribution is -2.52. The van der Waals surface area contributed by atoms with Gasteiger partial charge in [-0.1, -0.05) is 19.4 Å². The second kappa shape index (κ2) is 2.50. The zero-order valence-electron chi connectivity index (χ0n) is 9.05. The minimum absolute atomic E-state index is 0.373. The number of carbonyl (C=O) groups is 1. The van der Waals surface area contributed by atoms with Crippen molar-refractivity contribution in [3.05, 3.63) is 11.6 Å². The maximum absolute atomic E-state index is 11.4. The van der Waals surface area contributed by atoms with Gasteiger partial charge in [0.05, 0.1) is 0 Å². The molecule has 14 heavy (non-hydrogen) atoms. The van der Waals surface area contributed by atoms with Gasteiger partial charge in [0, 0.05) is 6.42 Å². The maximum atomic E-state index is 11.4. The van der Waals surface area contributed by atoms with Crippen molar-refractivity contribution in [1.82, 2.24) is 0 Å². The Bertz CT molecular complexity index is 324. The quantitative estimate of drug-likeness (QED) is 0.574. The average molecular weight is 190 g/mol. The van der Waals surface area contributed by atoms with Crippen LogP contribution in [0.5, 0.6) is 0 Å². The van der Waals surface area contributed by atoms with Gasteiger partial charge in [-0.05, 0) is 48.5 Å². The molecule has 3 saturated carbocycles. The lowest BCUT2D eigenvalue weighted by molar-refractivity contribution is -0.116. The summed E-state index contributed by atoms with van der Waals surface area (Å²) in [5.74, 6) is 2.81. The van der Waals surface area contributed by atoms with Gasteiger partial charge in [0.2, 0.25) is 0 Å². The number of allylic oxidation sites excluding steroid dienone is 2. The van der Waals surface area contributed by atoms with E-state index < -0.39 is 0 Å². The molecule has 2 bridgehead atoms. The van der Waals surface area contributed by atoms with Crippen LogP contribution in [-0.4, -0.2) is 5.78 Å². The molecule has 3 atom stereocenters. The summed E-state index contributed by atoms with van der Waals surface area (Å²) >= 11 is 0.